The molecule has 0 radical (unpaired) electrons. The van der Waals surface area contributed by atoms with E-state index in [4.69, 9.17) is 16.6 Å². The highest BCUT2D eigenvalue weighted by molar-refractivity contribution is 5.93. The van der Waals surface area contributed by atoms with Crippen LogP contribution in [0.25, 0.3) is 0 Å². The molecule has 132 valence electrons. The van der Waals surface area contributed by atoms with Crippen LogP contribution in [0.3, 0.4) is 0 Å². The van der Waals surface area contributed by atoms with Gasteiger partial charge in [-0.25, -0.2) is 9.78 Å². The van der Waals surface area contributed by atoms with Gasteiger partial charge in [-0.1, -0.05) is 0 Å². The van der Waals surface area contributed by atoms with E-state index in [1.807, 2.05) is 0 Å². The number of hydrogen-bond donors (Lipinski definition) is 6. The quantitative estimate of drug-likeness (QED) is 0.280. The maximum absolute atomic E-state index is 12.3. The third-order valence-corrected chi connectivity index (χ3v) is 3.05. The standard InChI is InChI=1S/C13H20N6O5/c1-6(14)11(21)18-8(2-7-4-16-5-17-7)12(22)19-9(13(23)24)3-10(15)20/h4-6,8-9H,2-3,14H2,1H3,(H2,15,20)(H,16,17)(H,18,21)(H,19,22)(H,23,24). The summed E-state index contributed by atoms with van der Waals surface area (Å²) in [5.41, 5.74) is 11.0. The molecule has 11 heteroatoms. The third kappa shape index (κ3) is 6.04. The number of aromatic amines is 1. The molecule has 0 aliphatic rings. The molecule has 24 heavy (non-hydrogen) atoms. The minimum Gasteiger partial charge on any atom is -0.480 e. The molecule has 3 atom stereocenters. The first-order valence-corrected chi connectivity index (χ1v) is 7.05. The average molecular weight is 340 g/mol. The molecule has 1 rings (SSSR count). The summed E-state index contributed by atoms with van der Waals surface area (Å²) >= 11 is 0. The van der Waals surface area contributed by atoms with Crippen molar-refractivity contribution >= 4 is 23.7 Å². The lowest BCUT2D eigenvalue weighted by atomic mass is 10.1. The number of imidazole rings is 1. The number of carboxylic acids is 1. The minimum atomic E-state index is -1.49. The number of aliphatic carboxylic acids is 1. The molecule has 3 unspecified atom stereocenters. The average Bonchev–Trinajstić information content (AvgIpc) is 2.97. The van der Waals surface area contributed by atoms with Gasteiger partial charge < -0.3 is 32.2 Å². The molecule has 8 N–H and O–H groups in total. The molecule has 0 spiro atoms. The van der Waals surface area contributed by atoms with Crippen LogP contribution in [0.2, 0.25) is 0 Å². The summed E-state index contributed by atoms with van der Waals surface area (Å²) in [6.07, 6.45) is 2.31. The molecule has 0 fully saturated rings. The maximum atomic E-state index is 12.3. The fourth-order valence-corrected chi connectivity index (χ4v) is 1.80. The van der Waals surface area contributed by atoms with Crippen LogP contribution in [0, 0.1) is 0 Å². The summed E-state index contributed by atoms with van der Waals surface area (Å²) in [6, 6.07) is -3.45. The number of carbonyl (C=O) groups excluding carboxylic acids is 3. The van der Waals surface area contributed by atoms with E-state index in [0.717, 1.165) is 0 Å². The Balaban J connectivity index is 2.86. The molecule has 1 aromatic heterocycles. The normalized spacial score (nSPS) is 14.2. The zero-order valence-corrected chi connectivity index (χ0v) is 13.0. The van der Waals surface area contributed by atoms with Gasteiger partial charge in [0.2, 0.25) is 17.7 Å². The summed E-state index contributed by atoms with van der Waals surface area (Å²) in [5, 5.41) is 13.6. The Labute approximate surface area is 137 Å². The number of aromatic nitrogens is 2. The van der Waals surface area contributed by atoms with Crippen molar-refractivity contribution in [2.24, 2.45) is 11.5 Å². The van der Waals surface area contributed by atoms with Gasteiger partial charge in [-0.3, -0.25) is 14.4 Å². The van der Waals surface area contributed by atoms with Crippen molar-refractivity contribution in [3.63, 3.8) is 0 Å². The van der Waals surface area contributed by atoms with E-state index in [1.54, 1.807) is 0 Å². The van der Waals surface area contributed by atoms with Gasteiger partial charge in [0.05, 0.1) is 18.8 Å². The van der Waals surface area contributed by atoms with Gasteiger partial charge in [-0.05, 0) is 6.92 Å². The summed E-state index contributed by atoms with van der Waals surface area (Å²) in [4.78, 5) is 52.6. The lowest BCUT2D eigenvalue weighted by molar-refractivity contribution is -0.143. The van der Waals surface area contributed by atoms with Crippen LogP contribution in [0.5, 0.6) is 0 Å². The molecule has 0 saturated heterocycles. The van der Waals surface area contributed by atoms with E-state index in [-0.39, 0.29) is 6.42 Å². The first-order chi connectivity index (χ1) is 11.2. The monoisotopic (exact) mass is 340 g/mol. The molecule has 0 aromatic carbocycles. The highest BCUT2D eigenvalue weighted by Gasteiger charge is 2.28. The largest absolute Gasteiger partial charge is 0.480 e. The second-order valence-electron chi connectivity index (χ2n) is 5.20. The van der Waals surface area contributed by atoms with Crippen LogP contribution < -0.4 is 22.1 Å². The van der Waals surface area contributed by atoms with E-state index < -0.39 is 48.2 Å². The maximum Gasteiger partial charge on any atom is 0.326 e. The third-order valence-electron chi connectivity index (χ3n) is 3.05. The first-order valence-electron chi connectivity index (χ1n) is 7.05. The van der Waals surface area contributed by atoms with Gasteiger partial charge in [-0.2, -0.15) is 0 Å². The Morgan fingerprint density at radius 1 is 1.25 bits per heavy atom. The second kappa shape index (κ2) is 8.62. The molecule has 3 amide bonds. The van der Waals surface area contributed by atoms with Crippen LogP contribution >= 0.6 is 0 Å². The number of rotatable bonds is 9. The van der Waals surface area contributed by atoms with Crippen LogP contribution in [-0.2, 0) is 25.6 Å². The summed E-state index contributed by atoms with van der Waals surface area (Å²) < 4.78 is 0. The van der Waals surface area contributed by atoms with Gasteiger partial charge in [0.15, 0.2) is 0 Å². The Morgan fingerprint density at radius 2 is 1.88 bits per heavy atom. The van der Waals surface area contributed by atoms with Gasteiger partial charge in [-0.15, -0.1) is 0 Å². The van der Waals surface area contributed by atoms with Crippen molar-refractivity contribution in [1.29, 1.82) is 0 Å². The van der Waals surface area contributed by atoms with Gasteiger partial charge in [0, 0.05) is 18.3 Å². The Hall–Kier alpha value is -2.95. The van der Waals surface area contributed by atoms with Crippen LogP contribution in [0.1, 0.15) is 19.0 Å². The van der Waals surface area contributed by atoms with E-state index in [1.165, 1.54) is 19.4 Å². The number of nitrogens with one attached hydrogen (secondary N) is 3. The fourth-order valence-electron chi connectivity index (χ4n) is 1.80. The van der Waals surface area contributed by atoms with Crippen molar-refractivity contribution in [3.8, 4) is 0 Å². The summed E-state index contributed by atoms with van der Waals surface area (Å²) in [7, 11) is 0. The van der Waals surface area contributed by atoms with Crippen molar-refractivity contribution in [1.82, 2.24) is 20.6 Å². The number of hydrogen-bond acceptors (Lipinski definition) is 6. The van der Waals surface area contributed by atoms with E-state index in [0.29, 0.717) is 5.69 Å². The lowest BCUT2D eigenvalue weighted by Crippen LogP contribution is -2.55. The number of amides is 3. The van der Waals surface area contributed by atoms with Crippen molar-refractivity contribution in [2.75, 3.05) is 0 Å². The molecular weight excluding hydrogens is 320 g/mol. The van der Waals surface area contributed by atoms with Crippen LogP contribution in [0.15, 0.2) is 12.5 Å². The van der Waals surface area contributed by atoms with Gasteiger partial charge >= 0.3 is 5.97 Å². The Bertz CT molecular complexity index is 600. The number of primary amides is 1. The highest BCUT2D eigenvalue weighted by Crippen LogP contribution is 2.01. The fraction of sp³-hybridized carbons (Fsp3) is 0.462. The van der Waals surface area contributed by atoms with Crippen LogP contribution in [-0.4, -0.2) is 56.9 Å². The van der Waals surface area contributed by atoms with E-state index in [2.05, 4.69) is 20.6 Å². The van der Waals surface area contributed by atoms with Crippen molar-refractivity contribution in [3.05, 3.63) is 18.2 Å². The smallest absolute Gasteiger partial charge is 0.326 e. The highest BCUT2D eigenvalue weighted by atomic mass is 16.4. The predicted octanol–water partition coefficient (Wildman–Crippen LogP) is -2.77. The molecule has 1 aromatic rings. The number of H-pyrrole nitrogens is 1. The number of nitrogens with two attached hydrogens (primary N) is 2. The van der Waals surface area contributed by atoms with Gasteiger partial charge in [0.25, 0.3) is 0 Å². The van der Waals surface area contributed by atoms with Crippen molar-refractivity contribution in [2.45, 2.75) is 37.9 Å². The van der Waals surface area contributed by atoms with Gasteiger partial charge in [0.1, 0.15) is 12.1 Å². The zero-order chi connectivity index (χ0) is 18.3. The molecule has 0 aliphatic carbocycles. The summed E-state index contributed by atoms with van der Waals surface area (Å²) in [6.45, 7) is 1.44. The molecule has 0 bridgehead atoms. The molecule has 0 aliphatic heterocycles. The number of nitrogens with zero attached hydrogens (tertiary/aromatic N) is 1. The van der Waals surface area contributed by atoms with Crippen LogP contribution in [0.4, 0.5) is 0 Å². The minimum absolute atomic E-state index is 0.0349. The SMILES string of the molecule is CC(N)C(=O)NC(Cc1cnc[nH]1)C(=O)NC(CC(N)=O)C(=O)O. The zero-order valence-electron chi connectivity index (χ0n) is 13.0. The molecule has 0 saturated carbocycles. The summed E-state index contributed by atoms with van der Waals surface area (Å²) in [5.74, 6) is -3.67. The van der Waals surface area contributed by atoms with Crippen molar-refractivity contribution < 1.29 is 24.3 Å². The second-order valence-corrected chi connectivity index (χ2v) is 5.20. The predicted molar refractivity (Wildman–Crippen MR) is 81.2 cm³/mol. The number of carboxylic acid groups (broad SMARTS) is 1. The Morgan fingerprint density at radius 3 is 2.33 bits per heavy atom. The Kier molecular flexibility index (Phi) is 6.86. The topological polar surface area (TPSA) is 193 Å². The molecule has 11 nitrogen and oxygen atoms in total. The number of carbonyl (C=O) groups is 4. The molecule has 1 heterocycles. The first kappa shape index (κ1) is 19.1. The van der Waals surface area contributed by atoms with E-state index in [9.17, 15) is 19.2 Å². The van der Waals surface area contributed by atoms with E-state index >= 15 is 0 Å². The molecular formula is C13H20N6O5. The lowest BCUT2D eigenvalue weighted by Gasteiger charge is -2.21.